The molecule has 2 aromatic rings. The van der Waals surface area contributed by atoms with Crippen molar-refractivity contribution in [2.75, 3.05) is 24.0 Å². The number of allylic oxidation sites excluding steroid dienone is 2. The van der Waals surface area contributed by atoms with E-state index in [2.05, 4.69) is 22.2 Å². The van der Waals surface area contributed by atoms with Crippen molar-refractivity contribution in [3.63, 3.8) is 0 Å². The molecule has 1 aromatic heterocycles. The summed E-state index contributed by atoms with van der Waals surface area (Å²) in [4.78, 5) is 28.8. The second-order valence-corrected chi connectivity index (χ2v) is 7.82. The van der Waals surface area contributed by atoms with Gasteiger partial charge < -0.3 is 20.1 Å². The maximum Gasteiger partial charge on any atom is 0.236 e. The van der Waals surface area contributed by atoms with Gasteiger partial charge in [0.2, 0.25) is 11.8 Å². The van der Waals surface area contributed by atoms with Crippen LogP contribution in [0.2, 0.25) is 0 Å². The molecule has 2 heterocycles. The fourth-order valence-corrected chi connectivity index (χ4v) is 3.59. The highest BCUT2D eigenvalue weighted by molar-refractivity contribution is 5.99. The van der Waals surface area contributed by atoms with E-state index in [1.807, 2.05) is 42.5 Å². The van der Waals surface area contributed by atoms with Crippen LogP contribution in [-0.2, 0) is 19.1 Å². The lowest BCUT2D eigenvalue weighted by Gasteiger charge is -2.17. The van der Waals surface area contributed by atoms with Crippen molar-refractivity contribution >= 4 is 23.3 Å². The zero-order chi connectivity index (χ0) is 22.6. The van der Waals surface area contributed by atoms with Crippen LogP contribution in [0.25, 0.3) is 11.1 Å². The van der Waals surface area contributed by atoms with E-state index in [0.717, 1.165) is 35.2 Å². The molecule has 7 heteroatoms. The highest BCUT2D eigenvalue weighted by atomic mass is 16.7. The molecule has 1 saturated carbocycles. The molecule has 164 valence electrons. The van der Waals surface area contributed by atoms with E-state index in [1.54, 1.807) is 18.3 Å². The summed E-state index contributed by atoms with van der Waals surface area (Å²) in [5, 5.41) is 5.72. The highest BCUT2D eigenvalue weighted by Crippen LogP contribution is 2.53. The van der Waals surface area contributed by atoms with Crippen LogP contribution in [-0.4, -0.2) is 30.2 Å². The summed E-state index contributed by atoms with van der Waals surface area (Å²) >= 11 is 0. The van der Waals surface area contributed by atoms with Crippen LogP contribution in [0.15, 0.2) is 78.7 Å². The number of hydrogen-bond donors (Lipinski definition) is 2. The predicted molar refractivity (Wildman–Crippen MR) is 123 cm³/mol. The van der Waals surface area contributed by atoms with Gasteiger partial charge in [0.15, 0.2) is 6.79 Å². The van der Waals surface area contributed by atoms with Crippen molar-refractivity contribution < 1.29 is 19.1 Å². The molecule has 32 heavy (non-hydrogen) atoms. The number of hydrogen-bond acceptors (Lipinski definition) is 5. The van der Waals surface area contributed by atoms with Crippen LogP contribution in [0, 0.1) is 5.41 Å². The first-order valence-corrected chi connectivity index (χ1v) is 10.4. The molecule has 0 atom stereocenters. The topological polar surface area (TPSA) is 89.6 Å². The molecular weight excluding hydrogens is 406 g/mol. The Bertz CT molecular complexity index is 1100. The van der Waals surface area contributed by atoms with Crippen LogP contribution < -0.4 is 10.6 Å². The van der Waals surface area contributed by atoms with Crippen molar-refractivity contribution in [2.45, 2.75) is 19.8 Å². The van der Waals surface area contributed by atoms with Gasteiger partial charge >= 0.3 is 0 Å². The molecule has 7 nitrogen and oxygen atoms in total. The normalized spacial score (nSPS) is 19.8. The Morgan fingerprint density at radius 1 is 1.09 bits per heavy atom. The number of aromatic nitrogens is 1. The molecule has 1 aromatic carbocycles. The van der Waals surface area contributed by atoms with Gasteiger partial charge in [0, 0.05) is 24.4 Å². The number of carbonyl (C=O) groups excluding carboxylic acids is 2. The van der Waals surface area contributed by atoms with E-state index in [1.165, 1.54) is 6.92 Å². The van der Waals surface area contributed by atoms with Crippen LogP contribution >= 0.6 is 0 Å². The molecule has 2 amide bonds. The van der Waals surface area contributed by atoms with Crippen LogP contribution in [0.1, 0.15) is 19.8 Å². The van der Waals surface area contributed by atoms with E-state index in [0.29, 0.717) is 18.2 Å². The Balaban J connectivity index is 1.47. The molecule has 2 aliphatic rings. The van der Waals surface area contributed by atoms with E-state index in [9.17, 15) is 9.59 Å². The molecule has 0 saturated heterocycles. The molecule has 0 bridgehead atoms. The minimum absolute atomic E-state index is 0.0907. The number of nitrogens with zero attached hydrogens (tertiary/aromatic N) is 1. The van der Waals surface area contributed by atoms with E-state index in [4.69, 9.17) is 9.47 Å². The summed E-state index contributed by atoms with van der Waals surface area (Å²) < 4.78 is 10.7. The van der Waals surface area contributed by atoms with Gasteiger partial charge in [0.25, 0.3) is 0 Å². The van der Waals surface area contributed by atoms with Crippen LogP contribution in [0.3, 0.4) is 0 Å². The summed E-state index contributed by atoms with van der Waals surface area (Å²) in [7, 11) is 0. The van der Waals surface area contributed by atoms with Gasteiger partial charge in [-0.3, -0.25) is 9.59 Å². The van der Waals surface area contributed by atoms with Gasteiger partial charge in [0.05, 0.1) is 12.0 Å². The number of anilines is 2. The number of benzene rings is 1. The lowest BCUT2D eigenvalue weighted by atomic mass is 9.93. The first kappa shape index (κ1) is 21.5. The molecule has 1 aliphatic heterocycles. The third kappa shape index (κ3) is 4.95. The van der Waals surface area contributed by atoms with Crippen molar-refractivity contribution in [1.29, 1.82) is 0 Å². The standard InChI is InChI=1S/C25H25N3O4/c1-17-6-8-21(10-13-31-16-32-17)25(11-12-25)24(30)28-23-9-7-20(15-26-23)19-4-3-5-22(14-19)27-18(2)29/h3-10,14-15H,1,11-13,16H2,2H3,(H,27,29)(H,26,28,30)/b8-6-,21-10+. The molecule has 2 N–H and O–H groups in total. The van der Waals surface area contributed by atoms with Crippen LogP contribution in [0.4, 0.5) is 11.5 Å². The van der Waals surface area contributed by atoms with E-state index < -0.39 is 5.41 Å². The lowest BCUT2D eigenvalue weighted by Crippen LogP contribution is -2.26. The Morgan fingerprint density at radius 3 is 2.66 bits per heavy atom. The molecule has 0 spiro atoms. The second-order valence-electron chi connectivity index (χ2n) is 7.82. The Kier molecular flexibility index (Phi) is 6.18. The summed E-state index contributed by atoms with van der Waals surface area (Å²) in [5.74, 6) is 0.765. The minimum atomic E-state index is -0.586. The first-order valence-electron chi connectivity index (χ1n) is 10.4. The van der Waals surface area contributed by atoms with Gasteiger partial charge in [0.1, 0.15) is 11.6 Å². The first-order chi connectivity index (χ1) is 15.5. The number of carbonyl (C=O) groups is 2. The number of pyridine rings is 1. The van der Waals surface area contributed by atoms with Crippen molar-refractivity contribution in [3.8, 4) is 11.1 Å². The summed E-state index contributed by atoms with van der Waals surface area (Å²) in [5.41, 5.74) is 2.83. The van der Waals surface area contributed by atoms with Gasteiger partial charge in [-0.1, -0.05) is 30.9 Å². The SMILES string of the molecule is C=C1/C=C\C(C2(C(=O)Nc3ccc(-c4cccc(NC(C)=O)c4)cn3)CC2)=C/COCO1. The summed E-state index contributed by atoms with van der Waals surface area (Å²) in [6, 6.07) is 11.2. The maximum absolute atomic E-state index is 13.1. The molecule has 4 rings (SSSR count). The van der Waals surface area contributed by atoms with Crippen LogP contribution in [0.5, 0.6) is 0 Å². The Morgan fingerprint density at radius 2 is 1.94 bits per heavy atom. The van der Waals surface area contributed by atoms with Gasteiger partial charge in [-0.2, -0.15) is 0 Å². The minimum Gasteiger partial charge on any atom is -0.468 e. The third-order valence-electron chi connectivity index (χ3n) is 5.46. The number of amides is 2. The van der Waals surface area contributed by atoms with Gasteiger partial charge in [-0.05, 0) is 54.3 Å². The average molecular weight is 431 g/mol. The van der Waals surface area contributed by atoms with Gasteiger partial charge in [-0.25, -0.2) is 4.98 Å². The number of nitrogens with one attached hydrogen (secondary N) is 2. The predicted octanol–water partition coefficient (Wildman–Crippen LogP) is 4.43. The monoisotopic (exact) mass is 431 g/mol. The summed E-state index contributed by atoms with van der Waals surface area (Å²) in [6.45, 7) is 5.79. The van der Waals surface area contributed by atoms with Crippen molar-refractivity contribution in [2.24, 2.45) is 5.41 Å². The fraction of sp³-hybridized carbons (Fsp3) is 0.240. The average Bonchev–Trinajstić information content (AvgIpc) is 3.56. The Hall–Kier alpha value is -3.71. The zero-order valence-electron chi connectivity index (χ0n) is 17.9. The molecule has 0 radical (unpaired) electrons. The zero-order valence-corrected chi connectivity index (χ0v) is 17.9. The fourth-order valence-electron chi connectivity index (χ4n) is 3.59. The smallest absolute Gasteiger partial charge is 0.236 e. The van der Waals surface area contributed by atoms with Crippen molar-refractivity contribution in [1.82, 2.24) is 4.98 Å². The largest absolute Gasteiger partial charge is 0.468 e. The molecular formula is C25H25N3O4. The number of ether oxygens (including phenoxy) is 2. The van der Waals surface area contributed by atoms with E-state index >= 15 is 0 Å². The van der Waals surface area contributed by atoms with Crippen molar-refractivity contribution in [3.05, 3.63) is 78.7 Å². The molecule has 0 unspecified atom stereocenters. The third-order valence-corrected chi connectivity index (χ3v) is 5.46. The molecule has 1 aliphatic carbocycles. The molecule has 1 fully saturated rings. The maximum atomic E-state index is 13.1. The number of rotatable bonds is 5. The summed E-state index contributed by atoms with van der Waals surface area (Å²) in [6.07, 6.45) is 8.78. The highest BCUT2D eigenvalue weighted by Gasteiger charge is 2.52. The van der Waals surface area contributed by atoms with E-state index in [-0.39, 0.29) is 18.6 Å². The quantitative estimate of drug-likeness (QED) is 0.731. The van der Waals surface area contributed by atoms with Gasteiger partial charge in [-0.15, -0.1) is 0 Å². The second kappa shape index (κ2) is 9.20. The Labute approximate surface area is 186 Å². The lowest BCUT2D eigenvalue weighted by molar-refractivity contribution is -0.119.